The van der Waals surface area contributed by atoms with Gasteiger partial charge in [-0.2, -0.15) is 0 Å². The Morgan fingerprint density at radius 2 is 0.984 bits per heavy atom. The Bertz CT molecular complexity index is 2880. The van der Waals surface area contributed by atoms with Crippen molar-refractivity contribution in [3.63, 3.8) is 0 Å². The summed E-state index contributed by atoms with van der Waals surface area (Å²) in [7, 11) is 2.96. The van der Waals surface area contributed by atoms with Gasteiger partial charge in [0.15, 0.2) is 22.8 Å². The summed E-state index contributed by atoms with van der Waals surface area (Å²) < 4.78 is 41.4. The molecule has 4 heterocycles. The van der Waals surface area contributed by atoms with Crippen molar-refractivity contribution < 1.29 is 27.8 Å². The molecule has 0 N–H and O–H groups in total. The van der Waals surface area contributed by atoms with E-state index < -0.39 is 48.8 Å². The van der Waals surface area contributed by atoms with Crippen LogP contribution in [0.1, 0.15) is 63.8 Å². The van der Waals surface area contributed by atoms with Crippen LogP contribution >= 0.6 is 101 Å². The van der Waals surface area contributed by atoms with Gasteiger partial charge in [0, 0.05) is 50.0 Å². The molecule has 6 aromatic rings. The van der Waals surface area contributed by atoms with Crippen LogP contribution in [-0.4, -0.2) is 44.3 Å². The quantitative estimate of drug-likeness (QED) is 0.121. The fraction of sp³-hybridized carbons (Fsp3) is 0.333. The van der Waals surface area contributed by atoms with Crippen LogP contribution < -0.4 is 20.6 Å². The predicted octanol–water partition coefficient (Wildman–Crippen LogP) is 12.8. The molecule has 64 heavy (non-hydrogen) atoms. The number of hydrogen-bond acceptors (Lipinski definition) is 10. The van der Waals surface area contributed by atoms with Gasteiger partial charge < -0.3 is 9.47 Å². The number of hydrogen-bond donors (Lipinski definition) is 0. The van der Waals surface area contributed by atoms with E-state index in [-0.39, 0.29) is 77.3 Å². The van der Waals surface area contributed by atoms with E-state index in [1.54, 1.807) is 48.5 Å². The highest BCUT2D eigenvalue weighted by atomic mass is 79.9. The molecule has 0 atom stereocenters. The Morgan fingerprint density at radius 1 is 0.641 bits per heavy atom. The van der Waals surface area contributed by atoms with Crippen LogP contribution in [0.3, 0.4) is 0 Å². The standard InChI is InChI=1S/C20H17Br2ClFN3O3.C20H19ClFN3O3.CCl4.CH4/c1-20(2,3)19(29)30-15-12(11-10(24)6-5-9(13(11)23)16(21)22)18(28)27(4)17-14(15)25-7-8-26-17;1-10-6-7-11(22)12(14(10)21)13-16(28-19(27)20(2,3)4)15-17(24-9-8-23-15)25(5)18(13)26;2-1(3,4)5;/h5-8,16H,1-4H3;6-9H,1-5H3;;1H4. The van der Waals surface area contributed by atoms with Crippen molar-refractivity contribution in [2.24, 2.45) is 24.9 Å². The van der Waals surface area contributed by atoms with E-state index in [1.807, 2.05) is 0 Å². The third kappa shape index (κ3) is 12.5. The first kappa shape index (κ1) is 54.9. The molecule has 0 amide bonds. The minimum atomic E-state index is -1.61. The van der Waals surface area contributed by atoms with E-state index in [0.717, 1.165) is 0 Å². The zero-order valence-electron chi connectivity index (χ0n) is 34.6. The minimum absolute atomic E-state index is 0. The normalized spacial score (nSPS) is 11.6. The summed E-state index contributed by atoms with van der Waals surface area (Å²) in [5, 5.41) is 0.0653. The van der Waals surface area contributed by atoms with E-state index in [9.17, 15) is 23.6 Å². The maximum atomic E-state index is 15.0. The summed E-state index contributed by atoms with van der Waals surface area (Å²) in [5.41, 5.74) is -1.87. The van der Waals surface area contributed by atoms with Crippen molar-refractivity contribution in [1.82, 2.24) is 29.1 Å². The fourth-order valence-corrected chi connectivity index (χ4v) is 7.05. The molecule has 0 aliphatic carbocycles. The van der Waals surface area contributed by atoms with Gasteiger partial charge in [0.2, 0.25) is 0 Å². The van der Waals surface area contributed by atoms with Crippen molar-refractivity contribution in [2.75, 3.05) is 0 Å². The number of carbonyl (C=O) groups excluding carboxylic acids is 2. The van der Waals surface area contributed by atoms with Crippen molar-refractivity contribution in [3.05, 3.63) is 103 Å². The lowest BCUT2D eigenvalue weighted by atomic mass is 9.97. The van der Waals surface area contributed by atoms with Gasteiger partial charge in [0.05, 0.1) is 35.7 Å². The molecule has 6 rings (SSSR count). The molecule has 4 aromatic heterocycles. The molecule has 0 aliphatic heterocycles. The number of alkyl halides is 6. The van der Waals surface area contributed by atoms with Crippen LogP contribution in [0.2, 0.25) is 10.0 Å². The number of esters is 2. The molecular formula is C42H40Br2Cl6F2N6O6. The second-order valence-electron chi connectivity index (χ2n) is 15.5. The Labute approximate surface area is 413 Å². The largest absolute Gasteiger partial charge is 0.423 e. The Kier molecular flexibility index (Phi) is 18.4. The monoisotopic (exact) mass is 1130 g/mol. The van der Waals surface area contributed by atoms with Gasteiger partial charge in [0.1, 0.15) is 22.7 Å². The maximum Gasteiger partial charge on any atom is 0.316 e. The smallest absolute Gasteiger partial charge is 0.316 e. The van der Waals surface area contributed by atoms with Crippen molar-refractivity contribution in [3.8, 4) is 33.8 Å². The van der Waals surface area contributed by atoms with Gasteiger partial charge in [-0.15, -0.1) is 0 Å². The second-order valence-corrected chi connectivity index (χ2v) is 22.7. The van der Waals surface area contributed by atoms with Crippen LogP contribution in [0.4, 0.5) is 8.78 Å². The van der Waals surface area contributed by atoms with Gasteiger partial charge in [-0.3, -0.25) is 28.3 Å². The Hall–Kier alpha value is -3.48. The molecule has 0 bridgehead atoms. The minimum Gasteiger partial charge on any atom is -0.423 e. The third-order valence-electron chi connectivity index (χ3n) is 8.67. The number of rotatable bonds is 5. The number of aromatic nitrogens is 6. The van der Waals surface area contributed by atoms with Crippen molar-refractivity contribution in [1.29, 1.82) is 0 Å². The summed E-state index contributed by atoms with van der Waals surface area (Å²) in [6.07, 6.45) is 5.62. The number of fused-ring (bicyclic) bond motifs is 2. The van der Waals surface area contributed by atoms with Gasteiger partial charge in [-0.25, -0.2) is 28.7 Å². The summed E-state index contributed by atoms with van der Waals surface area (Å²) in [5.74, 6) is -2.99. The third-order valence-corrected chi connectivity index (χ3v) is 10.5. The first-order valence-electron chi connectivity index (χ1n) is 18.1. The second kappa shape index (κ2) is 21.4. The van der Waals surface area contributed by atoms with Crippen molar-refractivity contribution >= 4 is 136 Å². The van der Waals surface area contributed by atoms with Crippen LogP contribution in [0.15, 0.2) is 58.6 Å². The first-order chi connectivity index (χ1) is 29.0. The van der Waals surface area contributed by atoms with Gasteiger partial charge in [-0.05, 0) is 71.7 Å². The molecule has 0 radical (unpaired) electrons. The van der Waals surface area contributed by atoms with Gasteiger partial charge in [-0.1, -0.05) is 121 Å². The SMILES string of the molecule is C.Cc1ccc(F)c(-c2c(OC(=O)C(C)(C)C)c3nccnc3n(C)c2=O)c1Cl.ClC(Cl)(Cl)Cl.Cn1c(=O)c(-c2c(F)ccc(C(Br)Br)c2Cl)c(OC(=O)C(C)(C)C)c2nccnc21. The number of ether oxygens (including phenoxy) is 2. The highest BCUT2D eigenvalue weighted by Gasteiger charge is 2.33. The average Bonchev–Trinajstić information content (AvgIpc) is 3.18. The molecule has 22 heteroatoms. The number of benzene rings is 2. The molecule has 0 fully saturated rings. The molecule has 0 saturated heterocycles. The maximum absolute atomic E-state index is 15.0. The van der Waals surface area contributed by atoms with E-state index in [1.165, 1.54) is 72.3 Å². The lowest BCUT2D eigenvalue weighted by Crippen LogP contribution is -2.28. The number of nitrogens with zero attached hydrogens (tertiary/aromatic N) is 6. The summed E-state index contributed by atoms with van der Waals surface area (Å²) in [6.45, 7) is 11.7. The lowest BCUT2D eigenvalue weighted by molar-refractivity contribution is -0.143. The Morgan fingerprint density at radius 3 is 1.34 bits per heavy atom. The highest BCUT2D eigenvalue weighted by Crippen LogP contribution is 2.44. The molecule has 344 valence electrons. The first-order valence-corrected chi connectivity index (χ1v) is 22.2. The molecule has 2 aromatic carbocycles. The summed E-state index contributed by atoms with van der Waals surface area (Å²) in [6, 6.07) is 5.41. The lowest BCUT2D eigenvalue weighted by Gasteiger charge is -2.20. The number of halogens is 10. The van der Waals surface area contributed by atoms with Gasteiger partial charge >= 0.3 is 11.9 Å². The van der Waals surface area contributed by atoms with E-state index in [2.05, 4.69) is 51.8 Å². The molecule has 0 unspecified atom stereocenters. The topological polar surface area (TPSA) is 148 Å². The average molecular weight is 1140 g/mol. The number of aryl methyl sites for hydroxylation is 3. The van der Waals surface area contributed by atoms with Crippen LogP contribution in [0.25, 0.3) is 44.6 Å². The summed E-state index contributed by atoms with van der Waals surface area (Å²) in [4.78, 5) is 68.4. The van der Waals surface area contributed by atoms with E-state index >= 15 is 4.39 Å². The molecule has 12 nitrogen and oxygen atoms in total. The van der Waals surface area contributed by atoms with Crippen LogP contribution in [0, 0.1) is 29.4 Å². The molecule has 0 aliphatic rings. The number of carbonyl (C=O) groups is 2. The van der Waals surface area contributed by atoms with Crippen molar-refractivity contribution in [2.45, 2.75) is 62.9 Å². The van der Waals surface area contributed by atoms with Gasteiger partial charge in [0.25, 0.3) is 14.4 Å². The molecule has 0 saturated carbocycles. The van der Waals surface area contributed by atoms with E-state index in [0.29, 0.717) is 11.1 Å². The molecule has 0 spiro atoms. The summed E-state index contributed by atoms with van der Waals surface area (Å²) >= 11 is 38.8. The predicted molar refractivity (Wildman–Crippen MR) is 259 cm³/mol. The van der Waals surface area contributed by atoms with Crippen LogP contribution in [-0.2, 0) is 23.7 Å². The Balaban J connectivity index is 0.000000304. The fourth-order valence-electron chi connectivity index (χ4n) is 5.41. The molecular weight excluding hydrogens is 1100 g/mol. The van der Waals surface area contributed by atoms with Crippen LogP contribution in [0.5, 0.6) is 11.5 Å². The van der Waals surface area contributed by atoms with E-state index in [4.69, 9.17) is 79.1 Å². The zero-order chi connectivity index (χ0) is 47.7. The highest BCUT2D eigenvalue weighted by molar-refractivity contribution is 9.24. The number of pyridine rings is 2. The zero-order valence-corrected chi connectivity index (χ0v) is 42.3.